The minimum absolute atomic E-state index is 0.482. The van der Waals surface area contributed by atoms with Crippen LogP contribution in [0.3, 0.4) is 0 Å². The number of nitrogens with one attached hydrogen (secondary N) is 1. The lowest BCUT2D eigenvalue weighted by Crippen LogP contribution is -2.40. The molecule has 1 fully saturated rings. The van der Waals surface area contributed by atoms with Crippen LogP contribution < -0.4 is 5.32 Å². The van der Waals surface area contributed by atoms with Crippen molar-refractivity contribution in [3.63, 3.8) is 0 Å². The van der Waals surface area contributed by atoms with E-state index in [-0.39, 0.29) is 0 Å². The molecule has 1 saturated carbocycles. The maximum Gasteiger partial charge on any atom is 0.0522 e. The Bertz CT molecular complexity index is 367. The molecule has 3 heteroatoms. The molecule has 0 saturated heterocycles. The highest BCUT2D eigenvalue weighted by Crippen LogP contribution is 2.44. The standard InChI is InChI=1S/C14H25N3/c1-14(2)7-5-6-12(14)13(15-3)8-11-9-16-17(4)10-11/h9-10,12-13,15H,5-8H2,1-4H3. The Labute approximate surface area is 105 Å². The Balaban J connectivity index is 2.06. The van der Waals surface area contributed by atoms with E-state index >= 15 is 0 Å². The molecule has 0 bridgehead atoms. The zero-order chi connectivity index (χ0) is 12.5. The van der Waals surface area contributed by atoms with Gasteiger partial charge in [-0.2, -0.15) is 5.10 Å². The van der Waals surface area contributed by atoms with Crippen LogP contribution in [0.1, 0.15) is 38.7 Å². The number of nitrogens with zero attached hydrogens (tertiary/aromatic N) is 2. The monoisotopic (exact) mass is 235 g/mol. The molecular weight excluding hydrogens is 210 g/mol. The van der Waals surface area contributed by atoms with Crippen molar-refractivity contribution in [3.8, 4) is 0 Å². The fourth-order valence-electron chi connectivity index (χ4n) is 3.38. The van der Waals surface area contributed by atoms with Crippen LogP contribution in [-0.4, -0.2) is 22.9 Å². The summed E-state index contributed by atoms with van der Waals surface area (Å²) in [7, 11) is 4.08. The molecule has 1 aromatic rings. The number of aryl methyl sites for hydroxylation is 1. The number of hydrogen-bond acceptors (Lipinski definition) is 2. The molecule has 0 aliphatic heterocycles. The lowest BCUT2D eigenvalue weighted by Gasteiger charge is -2.34. The van der Waals surface area contributed by atoms with E-state index in [1.165, 1.54) is 24.8 Å². The van der Waals surface area contributed by atoms with Crippen molar-refractivity contribution < 1.29 is 0 Å². The highest BCUT2D eigenvalue weighted by atomic mass is 15.2. The summed E-state index contributed by atoms with van der Waals surface area (Å²) in [5.41, 5.74) is 1.82. The van der Waals surface area contributed by atoms with Gasteiger partial charge in [0.2, 0.25) is 0 Å². The third-order valence-electron chi connectivity index (χ3n) is 4.41. The van der Waals surface area contributed by atoms with Crippen LogP contribution in [0.2, 0.25) is 0 Å². The summed E-state index contributed by atoms with van der Waals surface area (Å²) in [6, 6.07) is 0.580. The van der Waals surface area contributed by atoms with Crippen molar-refractivity contribution >= 4 is 0 Å². The zero-order valence-corrected chi connectivity index (χ0v) is 11.5. The average Bonchev–Trinajstić information content (AvgIpc) is 2.81. The van der Waals surface area contributed by atoms with Gasteiger partial charge < -0.3 is 5.32 Å². The first-order valence-electron chi connectivity index (χ1n) is 6.68. The second-order valence-corrected chi connectivity index (χ2v) is 6.11. The van der Waals surface area contributed by atoms with Crippen LogP contribution in [0.25, 0.3) is 0 Å². The maximum absolute atomic E-state index is 4.26. The molecule has 0 spiro atoms. The normalized spacial score (nSPS) is 25.1. The molecule has 0 radical (unpaired) electrons. The van der Waals surface area contributed by atoms with Crippen molar-refractivity contribution in [1.29, 1.82) is 0 Å². The largest absolute Gasteiger partial charge is 0.316 e. The molecule has 1 aromatic heterocycles. The third kappa shape index (κ3) is 2.71. The SMILES string of the molecule is CNC(Cc1cnn(C)c1)C1CCCC1(C)C. The first-order chi connectivity index (χ1) is 8.03. The first kappa shape index (κ1) is 12.6. The van der Waals surface area contributed by atoms with Crippen molar-refractivity contribution in [1.82, 2.24) is 15.1 Å². The van der Waals surface area contributed by atoms with Gasteiger partial charge in [-0.25, -0.2) is 0 Å². The summed E-state index contributed by atoms with van der Waals surface area (Å²) in [6.45, 7) is 4.83. The van der Waals surface area contributed by atoms with Gasteiger partial charge >= 0.3 is 0 Å². The molecule has 0 amide bonds. The molecule has 1 aliphatic carbocycles. The Morgan fingerprint density at radius 2 is 2.35 bits per heavy atom. The minimum atomic E-state index is 0.482. The number of likely N-dealkylation sites (N-methyl/N-ethyl adjacent to an activating group) is 1. The zero-order valence-electron chi connectivity index (χ0n) is 11.5. The van der Waals surface area contributed by atoms with E-state index in [1.807, 2.05) is 17.9 Å². The first-order valence-corrected chi connectivity index (χ1v) is 6.68. The highest BCUT2D eigenvalue weighted by molar-refractivity contribution is 5.08. The summed E-state index contributed by atoms with van der Waals surface area (Å²) >= 11 is 0. The second kappa shape index (κ2) is 4.81. The molecule has 2 rings (SSSR count). The van der Waals surface area contributed by atoms with E-state index < -0.39 is 0 Å². The summed E-state index contributed by atoms with van der Waals surface area (Å²) in [6.07, 6.45) is 9.32. The molecular formula is C14H25N3. The van der Waals surface area contributed by atoms with E-state index in [0.29, 0.717) is 11.5 Å². The predicted molar refractivity (Wildman–Crippen MR) is 70.9 cm³/mol. The Morgan fingerprint density at radius 1 is 1.59 bits per heavy atom. The Hall–Kier alpha value is -0.830. The second-order valence-electron chi connectivity index (χ2n) is 6.11. The van der Waals surface area contributed by atoms with E-state index in [4.69, 9.17) is 0 Å². The molecule has 3 nitrogen and oxygen atoms in total. The Morgan fingerprint density at radius 3 is 2.82 bits per heavy atom. The van der Waals surface area contributed by atoms with E-state index in [0.717, 1.165) is 12.3 Å². The summed E-state index contributed by atoms with van der Waals surface area (Å²) in [5.74, 6) is 0.785. The summed E-state index contributed by atoms with van der Waals surface area (Å²) in [5, 5.41) is 7.78. The van der Waals surface area contributed by atoms with Gasteiger partial charge in [0.05, 0.1) is 6.20 Å². The van der Waals surface area contributed by atoms with Gasteiger partial charge in [0.1, 0.15) is 0 Å². The lowest BCUT2D eigenvalue weighted by atomic mass is 9.76. The smallest absolute Gasteiger partial charge is 0.0522 e. The van der Waals surface area contributed by atoms with Crippen molar-refractivity contribution in [3.05, 3.63) is 18.0 Å². The Kier molecular flexibility index (Phi) is 3.57. The molecule has 1 heterocycles. The fourth-order valence-corrected chi connectivity index (χ4v) is 3.38. The van der Waals surface area contributed by atoms with Gasteiger partial charge in [-0.1, -0.05) is 20.3 Å². The molecule has 2 atom stereocenters. The molecule has 0 aromatic carbocycles. The van der Waals surface area contributed by atoms with Gasteiger partial charge in [0.15, 0.2) is 0 Å². The summed E-state index contributed by atoms with van der Waals surface area (Å²) in [4.78, 5) is 0. The van der Waals surface area contributed by atoms with Gasteiger partial charge in [-0.15, -0.1) is 0 Å². The highest BCUT2D eigenvalue weighted by Gasteiger charge is 2.38. The van der Waals surface area contributed by atoms with Crippen molar-refractivity contribution in [2.45, 2.75) is 45.6 Å². The summed E-state index contributed by atoms with van der Waals surface area (Å²) < 4.78 is 1.89. The third-order valence-corrected chi connectivity index (χ3v) is 4.41. The van der Waals surface area contributed by atoms with Gasteiger partial charge in [-0.05, 0) is 43.2 Å². The van der Waals surface area contributed by atoms with E-state index in [2.05, 4.69) is 37.5 Å². The van der Waals surface area contributed by atoms with Crippen LogP contribution >= 0.6 is 0 Å². The van der Waals surface area contributed by atoms with Gasteiger partial charge in [0, 0.05) is 19.3 Å². The molecule has 1 aliphatic rings. The van der Waals surface area contributed by atoms with Crippen LogP contribution in [0.15, 0.2) is 12.4 Å². The number of aromatic nitrogens is 2. The lowest BCUT2D eigenvalue weighted by molar-refractivity contribution is 0.201. The number of rotatable bonds is 4. The molecule has 17 heavy (non-hydrogen) atoms. The fraction of sp³-hybridized carbons (Fsp3) is 0.786. The van der Waals surface area contributed by atoms with Crippen molar-refractivity contribution in [2.24, 2.45) is 18.4 Å². The van der Waals surface area contributed by atoms with Crippen molar-refractivity contribution in [2.75, 3.05) is 7.05 Å². The number of hydrogen-bond donors (Lipinski definition) is 1. The van der Waals surface area contributed by atoms with E-state index in [1.54, 1.807) is 0 Å². The minimum Gasteiger partial charge on any atom is -0.316 e. The van der Waals surface area contributed by atoms with Gasteiger partial charge in [-0.3, -0.25) is 4.68 Å². The average molecular weight is 235 g/mol. The predicted octanol–water partition coefficient (Wildman–Crippen LogP) is 2.38. The van der Waals surface area contributed by atoms with Crippen LogP contribution in [-0.2, 0) is 13.5 Å². The van der Waals surface area contributed by atoms with Crippen LogP contribution in [0.4, 0.5) is 0 Å². The maximum atomic E-state index is 4.26. The topological polar surface area (TPSA) is 29.9 Å². The van der Waals surface area contributed by atoms with Crippen LogP contribution in [0, 0.1) is 11.3 Å². The van der Waals surface area contributed by atoms with E-state index in [9.17, 15) is 0 Å². The molecule has 2 unspecified atom stereocenters. The quantitative estimate of drug-likeness (QED) is 0.868. The molecule has 1 N–H and O–H groups in total. The van der Waals surface area contributed by atoms with Gasteiger partial charge in [0.25, 0.3) is 0 Å². The van der Waals surface area contributed by atoms with Crippen LogP contribution in [0.5, 0.6) is 0 Å². The molecule has 96 valence electrons.